The average molecular weight is 530 g/mol. The third kappa shape index (κ3) is 3.58. The van der Waals surface area contributed by atoms with Crippen molar-refractivity contribution in [1.82, 2.24) is 24.8 Å². The first-order valence-electron chi connectivity index (χ1n) is 8.50. The van der Waals surface area contributed by atoms with Crippen molar-refractivity contribution in [2.75, 3.05) is 11.5 Å². The summed E-state index contributed by atoms with van der Waals surface area (Å²) in [5, 5.41) is 19.7. The highest BCUT2D eigenvalue weighted by molar-refractivity contribution is 8.22. The van der Waals surface area contributed by atoms with Crippen LogP contribution in [0.1, 0.15) is 16.6 Å². The standard InChI is InChI=1S/C15H11N7O5S5/c16-14-18-6(3-30-14)8(20-27)10(23)19-15(31-4-28)12(26)22-9(11(24)25)5(2-29-13(15)22)7-1-17-21-32-7/h1,3-4,8,13H,2H2,(H2,16,18)(H,19,23)(H,24,25)/t8?,13-,15?/m0/s1. The van der Waals surface area contributed by atoms with Gasteiger partial charge in [0.1, 0.15) is 11.1 Å². The molecule has 0 aromatic carbocycles. The number of fused-ring (bicyclic) bond motifs is 1. The normalized spacial score (nSPS) is 23.2. The van der Waals surface area contributed by atoms with Gasteiger partial charge in [-0.15, -0.1) is 33.1 Å². The summed E-state index contributed by atoms with van der Waals surface area (Å²) in [4.78, 5) is 53.5. The second-order valence-corrected chi connectivity index (χ2v) is 10.7. The fourth-order valence-corrected chi connectivity index (χ4v) is 7.40. The van der Waals surface area contributed by atoms with Crippen molar-refractivity contribution in [2.45, 2.75) is 16.3 Å². The molecular formula is C15H11N7O5S5. The molecule has 1 saturated heterocycles. The molecule has 166 valence electrons. The lowest BCUT2D eigenvalue weighted by Crippen LogP contribution is -2.78. The van der Waals surface area contributed by atoms with Crippen LogP contribution in [0.3, 0.4) is 0 Å². The summed E-state index contributed by atoms with van der Waals surface area (Å²) in [6, 6.07) is -1.53. The Morgan fingerprint density at radius 2 is 2.31 bits per heavy atom. The SMILES string of the molecule is Nc1nc(C(N=O)C(=O)NC2(SC=S)C(=O)N3C(C(=O)O)=C(c4cnns4)CS[C@H]32)cs1. The fraction of sp³-hybridized carbons (Fsp3) is 0.267. The van der Waals surface area contributed by atoms with Crippen LogP contribution in [0.15, 0.2) is 22.5 Å². The molecule has 1 fully saturated rings. The molecule has 2 aromatic heterocycles. The predicted molar refractivity (Wildman–Crippen MR) is 125 cm³/mol. The Kier molecular flexibility index (Phi) is 6.26. The number of carboxylic acids is 1. The van der Waals surface area contributed by atoms with E-state index in [1.807, 2.05) is 0 Å². The minimum Gasteiger partial charge on any atom is -0.477 e. The molecule has 0 aliphatic carbocycles. The van der Waals surface area contributed by atoms with Crippen molar-refractivity contribution < 1.29 is 19.5 Å². The molecule has 0 spiro atoms. The number of aliphatic carboxylic acids is 1. The smallest absolute Gasteiger partial charge is 0.353 e. The molecule has 4 heterocycles. The Hall–Kier alpha value is -2.47. The number of thiocarbonyl (C=S) groups is 1. The monoisotopic (exact) mass is 529 g/mol. The lowest BCUT2D eigenvalue weighted by molar-refractivity contribution is -0.152. The number of thioether (sulfide) groups is 2. The van der Waals surface area contributed by atoms with E-state index < -0.39 is 34.1 Å². The minimum atomic E-state index is -1.60. The largest absolute Gasteiger partial charge is 0.477 e. The predicted octanol–water partition coefficient (Wildman–Crippen LogP) is 1.30. The van der Waals surface area contributed by atoms with Crippen LogP contribution in [-0.4, -0.2) is 63.1 Å². The van der Waals surface area contributed by atoms with Crippen LogP contribution in [-0.2, 0) is 14.4 Å². The Bertz CT molecular complexity index is 1150. The van der Waals surface area contributed by atoms with Gasteiger partial charge in [0, 0.05) is 21.4 Å². The zero-order valence-electron chi connectivity index (χ0n) is 15.5. The molecule has 32 heavy (non-hydrogen) atoms. The molecule has 0 radical (unpaired) electrons. The lowest BCUT2D eigenvalue weighted by atomic mass is 10.0. The summed E-state index contributed by atoms with van der Waals surface area (Å²) in [7, 11) is 0. The third-order valence-electron chi connectivity index (χ3n) is 4.61. The molecule has 4 N–H and O–H groups in total. The minimum absolute atomic E-state index is 0.0496. The number of anilines is 1. The summed E-state index contributed by atoms with van der Waals surface area (Å²) >= 11 is 9.05. The number of carbonyl (C=O) groups is 3. The summed E-state index contributed by atoms with van der Waals surface area (Å²) in [6.45, 7) is 0. The molecule has 17 heteroatoms. The first-order chi connectivity index (χ1) is 15.3. The number of thiazole rings is 1. The van der Waals surface area contributed by atoms with Crippen molar-refractivity contribution in [3.05, 3.63) is 32.8 Å². The van der Waals surface area contributed by atoms with Crippen molar-refractivity contribution in [1.29, 1.82) is 0 Å². The maximum Gasteiger partial charge on any atom is 0.353 e. The van der Waals surface area contributed by atoms with Crippen LogP contribution in [0.5, 0.6) is 0 Å². The van der Waals surface area contributed by atoms with E-state index in [9.17, 15) is 24.4 Å². The topological polar surface area (TPSA) is 181 Å². The molecule has 2 amide bonds. The van der Waals surface area contributed by atoms with E-state index in [1.165, 1.54) is 28.0 Å². The third-order valence-corrected chi connectivity index (χ3v) is 8.77. The zero-order valence-corrected chi connectivity index (χ0v) is 19.6. The second kappa shape index (κ2) is 8.81. The van der Waals surface area contributed by atoms with E-state index in [2.05, 4.69) is 25.1 Å². The molecule has 4 rings (SSSR count). The number of nitroso groups, excluding NO2 is 1. The molecular weight excluding hydrogens is 519 g/mol. The molecule has 2 aliphatic heterocycles. The summed E-state index contributed by atoms with van der Waals surface area (Å²) in [5.74, 6) is -2.64. The van der Waals surface area contributed by atoms with Crippen LogP contribution in [0.4, 0.5) is 5.13 Å². The quantitative estimate of drug-likeness (QED) is 0.193. The number of rotatable bonds is 8. The summed E-state index contributed by atoms with van der Waals surface area (Å²) in [5.41, 5.74) is 5.81. The van der Waals surface area contributed by atoms with E-state index in [-0.39, 0.29) is 22.3 Å². The number of nitrogen functional groups attached to an aromatic ring is 1. The number of carboxylic acid groups (broad SMARTS) is 1. The molecule has 2 aliphatic rings. The number of β-lactam (4-membered cyclic amide) rings is 1. The number of nitrogens with two attached hydrogens (primary N) is 1. The van der Waals surface area contributed by atoms with Gasteiger partial charge in [-0.2, -0.15) is 0 Å². The Morgan fingerprint density at radius 1 is 1.53 bits per heavy atom. The number of nitrogens with zero attached hydrogens (tertiary/aromatic N) is 5. The van der Waals surface area contributed by atoms with Gasteiger partial charge in [-0.25, -0.2) is 9.78 Å². The van der Waals surface area contributed by atoms with E-state index in [1.54, 1.807) is 0 Å². The van der Waals surface area contributed by atoms with Crippen LogP contribution >= 0.6 is 58.6 Å². The highest BCUT2D eigenvalue weighted by Gasteiger charge is 2.66. The number of hydrogen-bond donors (Lipinski definition) is 3. The van der Waals surface area contributed by atoms with E-state index >= 15 is 0 Å². The van der Waals surface area contributed by atoms with Crippen LogP contribution < -0.4 is 11.1 Å². The van der Waals surface area contributed by atoms with Gasteiger partial charge >= 0.3 is 5.97 Å². The van der Waals surface area contributed by atoms with Crippen LogP contribution in [0, 0.1) is 4.91 Å². The Balaban J connectivity index is 1.67. The Labute approximate surface area is 201 Å². The lowest BCUT2D eigenvalue weighted by Gasteiger charge is -2.56. The van der Waals surface area contributed by atoms with E-state index in [0.717, 1.165) is 39.5 Å². The van der Waals surface area contributed by atoms with E-state index in [4.69, 9.17) is 18.0 Å². The number of amides is 2. The van der Waals surface area contributed by atoms with Gasteiger partial charge in [0.25, 0.3) is 11.8 Å². The molecule has 12 nitrogen and oxygen atoms in total. The summed E-state index contributed by atoms with van der Waals surface area (Å²) < 4.78 is 4.95. The first kappa shape index (κ1) is 22.7. The van der Waals surface area contributed by atoms with Gasteiger partial charge in [-0.3, -0.25) is 14.5 Å². The maximum atomic E-state index is 13.3. The molecule has 2 aromatic rings. The second-order valence-electron chi connectivity index (χ2n) is 6.31. The first-order valence-corrected chi connectivity index (χ1v) is 12.6. The van der Waals surface area contributed by atoms with E-state index in [0.29, 0.717) is 10.5 Å². The number of aromatic nitrogens is 3. The zero-order chi connectivity index (χ0) is 23.0. The maximum absolute atomic E-state index is 13.3. The summed E-state index contributed by atoms with van der Waals surface area (Å²) in [6.07, 6.45) is 1.43. The van der Waals surface area contributed by atoms with Gasteiger partial charge in [-0.1, -0.05) is 28.5 Å². The van der Waals surface area contributed by atoms with Crippen molar-refractivity contribution in [3.8, 4) is 0 Å². The average Bonchev–Trinajstić information content (AvgIpc) is 3.44. The van der Waals surface area contributed by atoms with Crippen molar-refractivity contribution >= 4 is 91.8 Å². The number of hydrogen-bond acceptors (Lipinski definition) is 14. The highest BCUT2D eigenvalue weighted by atomic mass is 32.2. The Morgan fingerprint density at radius 3 is 2.88 bits per heavy atom. The molecule has 0 saturated carbocycles. The van der Waals surface area contributed by atoms with Crippen molar-refractivity contribution in [3.63, 3.8) is 0 Å². The number of nitrogens with one attached hydrogen (secondary N) is 1. The van der Waals surface area contributed by atoms with Crippen LogP contribution in [0.2, 0.25) is 0 Å². The van der Waals surface area contributed by atoms with Gasteiger partial charge in [0.15, 0.2) is 5.13 Å². The molecule has 0 bridgehead atoms. The van der Waals surface area contributed by atoms with Gasteiger partial charge < -0.3 is 16.2 Å². The number of carbonyl (C=O) groups excluding carboxylic acids is 2. The fourth-order valence-electron chi connectivity index (χ4n) is 3.26. The molecule has 3 atom stereocenters. The highest BCUT2D eigenvalue weighted by Crippen LogP contribution is 2.52. The van der Waals surface area contributed by atoms with Crippen LogP contribution in [0.25, 0.3) is 5.57 Å². The van der Waals surface area contributed by atoms with Gasteiger partial charge in [-0.05, 0) is 16.7 Å². The van der Waals surface area contributed by atoms with Crippen molar-refractivity contribution in [2.24, 2.45) is 5.18 Å². The van der Waals surface area contributed by atoms with Gasteiger partial charge in [0.2, 0.25) is 10.9 Å². The molecule has 2 unspecified atom stereocenters. The van der Waals surface area contributed by atoms with Gasteiger partial charge in [0.05, 0.1) is 16.8 Å².